The quantitative estimate of drug-likeness (QED) is 0.371. The van der Waals surface area contributed by atoms with Crippen molar-refractivity contribution in [1.29, 1.82) is 0 Å². The van der Waals surface area contributed by atoms with Crippen molar-refractivity contribution in [1.82, 2.24) is 0 Å². The van der Waals surface area contributed by atoms with Crippen LogP contribution in [0.15, 0.2) is 95.6 Å². The molecular weight excluding hydrogens is 302 g/mol. The van der Waals surface area contributed by atoms with Crippen LogP contribution in [0.2, 0.25) is 0 Å². The maximum absolute atomic E-state index is 5.74. The Kier molecular flexibility index (Phi) is 6.57. The van der Waals surface area contributed by atoms with Gasteiger partial charge in [-0.3, -0.25) is 0 Å². The number of rotatable bonds is 7. The van der Waals surface area contributed by atoms with Gasteiger partial charge in [-0.2, -0.15) is 0 Å². The zero-order chi connectivity index (χ0) is 16.5. The SMILES string of the molecule is C=C(/C=C\C(C)=C/C)Oc1cccc(NSc2ccccc2)c1. The summed E-state index contributed by atoms with van der Waals surface area (Å²) in [4.78, 5) is 1.16. The van der Waals surface area contributed by atoms with Crippen LogP contribution in [0.1, 0.15) is 13.8 Å². The summed E-state index contributed by atoms with van der Waals surface area (Å²) in [5.74, 6) is 1.37. The maximum Gasteiger partial charge on any atom is 0.129 e. The van der Waals surface area contributed by atoms with Crippen LogP contribution in [-0.2, 0) is 0 Å². The highest BCUT2D eigenvalue weighted by Gasteiger charge is 1.99. The van der Waals surface area contributed by atoms with Gasteiger partial charge in [-0.15, -0.1) is 0 Å². The number of anilines is 1. The summed E-state index contributed by atoms with van der Waals surface area (Å²) < 4.78 is 9.06. The molecule has 118 valence electrons. The number of ether oxygens (including phenoxy) is 1. The number of benzene rings is 2. The van der Waals surface area contributed by atoms with Crippen LogP contribution in [0, 0.1) is 0 Å². The summed E-state index contributed by atoms with van der Waals surface area (Å²) >= 11 is 1.57. The second kappa shape index (κ2) is 8.91. The van der Waals surface area contributed by atoms with Crippen LogP contribution in [0.5, 0.6) is 5.75 Å². The number of hydrogen-bond acceptors (Lipinski definition) is 3. The number of allylic oxidation sites excluding steroid dienone is 4. The topological polar surface area (TPSA) is 21.3 Å². The molecule has 0 aromatic heterocycles. The average Bonchev–Trinajstić information content (AvgIpc) is 2.59. The van der Waals surface area contributed by atoms with E-state index in [-0.39, 0.29) is 0 Å². The highest BCUT2D eigenvalue weighted by molar-refractivity contribution is 8.00. The molecule has 1 N–H and O–H groups in total. The lowest BCUT2D eigenvalue weighted by Gasteiger charge is -2.09. The molecule has 0 fully saturated rings. The van der Waals surface area contributed by atoms with E-state index < -0.39 is 0 Å². The smallest absolute Gasteiger partial charge is 0.129 e. The molecule has 0 aliphatic heterocycles. The molecule has 0 amide bonds. The Morgan fingerprint density at radius 1 is 1.09 bits per heavy atom. The van der Waals surface area contributed by atoms with Gasteiger partial charge in [0, 0.05) is 16.6 Å². The molecule has 2 rings (SSSR count). The van der Waals surface area contributed by atoms with Crippen LogP contribution >= 0.6 is 11.9 Å². The average molecular weight is 323 g/mol. The third kappa shape index (κ3) is 6.09. The lowest BCUT2D eigenvalue weighted by Crippen LogP contribution is -1.92. The highest BCUT2D eigenvalue weighted by atomic mass is 32.2. The van der Waals surface area contributed by atoms with Gasteiger partial charge in [0.2, 0.25) is 0 Å². The van der Waals surface area contributed by atoms with E-state index in [4.69, 9.17) is 4.74 Å². The molecule has 0 unspecified atom stereocenters. The third-order valence-electron chi connectivity index (χ3n) is 3.10. The lowest BCUT2D eigenvalue weighted by atomic mass is 10.2. The van der Waals surface area contributed by atoms with Crippen molar-refractivity contribution in [3.05, 3.63) is 90.7 Å². The molecule has 0 aliphatic carbocycles. The zero-order valence-corrected chi connectivity index (χ0v) is 14.3. The molecule has 0 atom stereocenters. The van der Waals surface area contributed by atoms with Gasteiger partial charge in [-0.1, -0.05) is 48.6 Å². The van der Waals surface area contributed by atoms with Gasteiger partial charge in [0.15, 0.2) is 0 Å². The summed E-state index contributed by atoms with van der Waals surface area (Å²) in [7, 11) is 0. The fourth-order valence-electron chi connectivity index (χ4n) is 1.74. The summed E-state index contributed by atoms with van der Waals surface area (Å²) in [6, 6.07) is 18.0. The molecule has 0 spiro atoms. The third-order valence-corrected chi connectivity index (χ3v) is 3.95. The number of hydrogen-bond donors (Lipinski definition) is 1. The molecule has 0 aliphatic rings. The molecule has 2 aromatic rings. The Labute approximate surface area is 142 Å². The first-order valence-electron chi connectivity index (χ1n) is 7.43. The minimum absolute atomic E-state index is 0.610. The molecule has 0 heterocycles. The fourth-order valence-corrected chi connectivity index (χ4v) is 2.39. The van der Waals surface area contributed by atoms with Gasteiger partial charge in [-0.05, 0) is 56.1 Å². The van der Waals surface area contributed by atoms with Crippen molar-refractivity contribution < 1.29 is 4.74 Å². The Morgan fingerprint density at radius 2 is 1.87 bits per heavy atom. The number of nitrogens with one attached hydrogen (secondary N) is 1. The maximum atomic E-state index is 5.74. The largest absolute Gasteiger partial charge is 0.458 e. The van der Waals surface area contributed by atoms with E-state index in [1.807, 2.05) is 74.5 Å². The molecule has 0 saturated carbocycles. The Hall–Kier alpha value is -2.39. The standard InChI is InChI=1S/C20H21NOS/c1-4-16(2)13-14-17(3)22-19-10-8-9-18(15-19)21-23-20-11-6-5-7-12-20/h4-15,21H,3H2,1-2H3/b14-13-,16-4-. The minimum atomic E-state index is 0.610. The molecule has 3 heteroatoms. The van der Waals surface area contributed by atoms with Crippen LogP contribution in [0.3, 0.4) is 0 Å². The van der Waals surface area contributed by atoms with Gasteiger partial charge in [0.25, 0.3) is 0 Å². The second-order valence-electron chi connectivity index (χ2n) is 4.98. The van der Waals surface area contributed by atoms with Crippen molar-refractivity contribution in [3.8, 4) is 5.75 Å². The zero-order valence-electron chi connectivity index (χ0n) is 13.5. The van der Waals surface area contributed by atoms with Crippen molar-refractivity contribution in [2.75, 3.05) is 4.72 Å². The Bertz CT molecular complexity index is 705. The molecule has 2 nitrogen and oxygen atoms in total. The van der Waals surface area contributed by atoms with Crippen molar-refractivity contribution in [2.45, 2.75) is 18.7 Å². The molecule has 2 aromatic carbocycles. The molecule has 0 radical (unpaired) electrons. The van der Waals surface area contributed by atoms with Crippen LogP contribution in [0.25, 0.3) is 0 Å². The van der Waals surface area contributed by atoms with E-state index in [0.29, 0.717) is 5.76 Å². The van der Waals surface area contributed by atoms with E-state index in [2.05, 4.69) is 23.4 Å². The van der Waals surface area contributed by atoms with Crippen molar-refractivity contribution >= 4 is 17.6 Å². The summed E-state index contributed by atoms with van der Waals surface area (Å²) in [5.41, 5.74) is 2.15. The Morgan fingerprint density at radius 3 is 2.61 bits per heavy atom. The monoisotopic (exact) mass is 323 g/mol. The van der Waals surface area contributed by atoms with Crippen molar-refractivity contribution in [3.63, 3.8) is 0 Å². The van der Waals surface area contributed by atoms with Gasteiger partial charge in [0.1, 0.15) is 11.5 Å². The normalized spacial score (nSPS) is 11.5. The van der Waals surface area contributed by atoms with Gasteiger partial charge in [-0.25, -0.2) is 0 Å². The lowest BCUT2D eigenvalue weighted by molar-refractivity contribution is 0.447. The predicted octanol–water partition coefficient (Wildman–Crippen LogP) is 6.22. The van der Waals surface area contributed by atoms with E-state index in [1.54, 1.807) is 11.9 Å². The predicted molar refractivity (Wildman–Crippen MR) is 101 cm³/mol. The van der Waals surface area contributed by atoms with E-state index in [0.717, 1.165) is 16.3 Å². The van der Waals surface area contributed by atoms with Crippen LogP contribution in [-0.4, -0.2) is 0 Å². The molecule has 23 heavy (non-hydrogen) atoms. The molecule has 0 bridgehead atoms. The minimum Gasteiger partial charge on any atom is -0.458 e. The summed E-state index contributed by atoms with van der Waals surface area (Å²) in [5, 5.41) is 0. The molecular formula is C20H21NOS. The van der Waals surface area contributed by atoms with E-state index >= 15 is 0 Å². The first-order valence-corrected chi connectivity index (χ1v) is 8.25. The van der Waals surface area contributed by atoms with Gasteiger partial charge < -0.3 is 9.46 Å². The van der Waals surface area contributed by atoms with E-state index in [9.17, 15) is 0 Å². The van der Waals surface area contributed by atoms with Crippen molar-refractivity contribution in [2.24, 2.45) is 0 Å². The first-order chi connectivity index (χ1) is 11.2. The Balaban J connectivity index is 1.94. The van der Waals surface area contributed by atoms with Gasteiger partial charge >= 0.3 is 0 Å². The van der Waals surface area contributed by atoms with E-state index in [1.165, 1.54) is 5.57 Å². The summed E-state index contributed by atoms with van der Waals surface area (Å²) in [6.45, 7) is 7.96. The highest BCUT2D eigenvalue weighted by Crippen LogP contribution is 2.24. The second-order valence-corrected chi connectivity index (χ2v) is 5.86. The summed E-state index contributed by atoms with van der Waals surface area (Å²) in [6.07, 6.45) is 5.89. The fraction of sp³-hybridized carbons (Fsp3) is 0.100. The van der Waals surface area contributed by atoms with Gasteiger partial charge in [0.05, 0.1) is 0 Å². The first kappa shape index (κ1) is 17.0. The molecule has 0 saturated heterocycles. The van der Waals surface area contributed by atoms with Crippen LogP contribution < -0.4 is 9.46 Å². The van der Waals surface area contributed by atoms with Crippen LogP contribution in [0.4, 0.5) is 5.69 Å².